The van der Waals surface area contributed by atoms with Crippen LogP contribution in [-0.2, 0) is 0 Å². The van der Waals surface area contributed by atoms with Gasteiger partial charge >= 0.3 is 0 Å². The predicted molar refractivity (Wildman–Crippen MR) is 81.7 cm³/mol. The van der Waals surface area contributed by atoms with Gasteiger partial charge in [0.05, 0.1) is 11.6 Å². The molecule has 1 fully saturated rings. The molecule has 1 amide bonds. The van der Waals surface area contributed by atoms with Crippen molar-refractivity contribution in [3.8, 4) is 6.07 Å². The summed E-state index contributed by atoms with van der Waals surface area (Å²) in [6.45, 7) is 1.46. The minimum Gasteiger partial charge on any atom is -0.334 e. The third-order valence-corrected chi connectivity index (χ3v) is 3.24. The molecule has 8 heteroatoms. The quantitative estimate of drug-likeness (QED) is 0.809. The van der Waals surface area contributed by atoms with E-state index in [4.69, 9.17) is 11.6 Å². The summed E-state index contributed by atoms with van der Waals surface area (Å²) >= 11 is 5.66. The second kappa shape index (κ2) is 8.28. The first-order chi connectivity index (χ1) is 8.65. The zero-order chi connectivity index (χ0) is 13.0. The Morgan fingerprint density at radius 3 is 2.55 bits per heavy atom. The molecule has 1 aliphatic rings. The number of aromatic nitrogens is 1. The van der Waals surface area contributed by atoms with E-state index in [1.807, 2.05) is 0 Å². The van der Waals surface area contributed by atoms with Gasteiger partial charge < -0.3 is 10.6 Å². The van der Waals surface area contributed by atoms with Gasteiger partial charge in [-0.25, -0.2) is 4.98 Å². The number of hydrogen-bond donors (Lipinski definition) is 2. The SMILES string of the molecule is Cl.Cl.N#CC1(NC(=O)c2ccc(Cl)nc2)CCNCC1. The normalized spacial score (nSPS) is 16.0. The molecule has 0 unspecified atom stereocenters. The van der Waals surface area contributed by atoms with Crippen molar-refractivity contribution in [1.29, 1.82) is 5.26 Å². The van der Waals surface area contributed by atoms with Crippen LogP contribution in [0, 0.1) is 11.3 Å². The van der Waals surface area contributed by atoms with E-state index in [0.29, 0.717) is 23.6 Å². The molecule has 5 nitrogen and oxygen atoms in total. The third-order valence-electron chi connectivity index (χ3n) is 3.01. The van der Waals surface area contributed by atoms with E-state index in [-0.39, 0.29) is 30.7 Å². The van der Waals surface area contributed by atoms with Gasteiger partial charge in [-0.15, -0.1) is 24.8 Å². The van der Waals surface area contributed by atoms with Crippen LogP contribution < -0.4 is 10.6 Å². The Hall–Kier alpha value is -1.06. The summed E-state index contributed by atoms with van der Waals surface area (Å²) in [5.41, 5.74) is -0.366. The fourth-order valence-electron chi connectivity index (χ4n) is 1.92. The highest BCUT2D eigenvalue weighted by molar-refractivity contribution is 6.29. The van der Waals surface area contributed by atoms with Crippen LogP contribution >= 0.6 is 36.4 Å². The molecule has 1 aromatic heterocycles. The second-order valence-corrected chi connectivity index (χ2v) is 4.65. The summed E-state index contributed by atoms with van der Waals surface area (Å²) in [7, 11) is 0. The highest BCUT2D eigenvalue weighted by atomic mass is 35.5. The summed E-state index contributed by atoms with van der Waals surface area (Å²) in [5, 5.41) is 15.5. The lowest BCUT2D eigenvalue weighted by Crippen LogP contribution is -2.53. The number of nitriles is 1. The molecule has 2 N–H and O–H groups in total. The zero-order valence-corrected chi connectivity index (χ0v) is 12.9. The first kappa shape index (κ1) is 18.9. The smallest absolute Gasteiger partial charge is 0.254 e. The topological polar surface area (TPSA) is 77.8 Å². The van der Waals surface area contributed by atoms with Crippen molar-refractivity contribution in [3.63, 3.8) is 0 Å². The van der Waals surface area contributed by atoms with E-state index in [1.165, 1.54) is 6.20 Å². The van der Waals surface area contributed by atoms with Crippen molar-refractivity contribution >= 4 is 42.3 Å². The highest BCUT2D eigenvalue weighted by Gasteiger charge is 2.33. The first-order valence-corrected chi connectivity index (χ1v) is 6.09. The minimum absolute atomic E-state index is 0. The molecule has 20 heavy (non-hydrogen) atoms. The summed E-state index contributed by atoms with van der Waals surface area (Å²) < 4.78 is 0. The first-order valence-electron chi connectivity index (χ1n) is 5.71. The number of halogens is 3. The molecule has 0 aromatic carbocycles. The fourth-order valence-corrected chi connectivity index (χ4v) is 2.03. The van der Waals surface area contributed by atoms with Gasteiger partial charge in [0.1, 0.15) is 10.7 Å². The predicted octanol–water partition coefficient (Wildman–Crippen LogP) is 1.95. The van der Waals surface area contributed by atoms with E-state index in [9.17, 15) is 10.1 Å². The number of nitrogens with one attached hydrogen (secondary N) is 2. The molecule has 1 saturated heterocycles. The average molecular weight is 338 g/mol. The molecule has 0 atom stereocenters. The summed E-state index contributed by atoms with van der Waals surface area (Å²) in [6, 6.07) is 5.36. The molecule has 110 valence electrons. The number of carbonyl (C=O) groups excluding carboxylic acids is 1. The van der Waals surface area contributed by atoms with Crippen molar-refractivity contribution in [1.82, 2.24) is 15.6 Å². The minimum atomic E-state index is -0.776. The van der Waals surface area contributed by atoms with Crippen LogP contribution in [0.3, 0.4) is 0 Å². The van der Waals surface area contributed by atoms with Gasteiger partial charge in [0.2, 0.25) is 0 Å². The molecule has 1 aliphatic heterocycles. The van der Waals surface area contributed by atoms with Gasteiger partial charge in [-0.05, 0) is 38.1 Å². The number of hydrogen-bond acceptors (Lipinski definition) is 4. The van der Waals surface area contributed by atoms with E-state index >= 15 is 0 Å². The maximum atomic E-state index is 12.0. The molecule has 0 radical (unpaired) electrons. The summed E-state index contributed by atoms with van der Waals surface area (Å²) in [6.07, 6.45) is 2.62. The lowest BCUT2D eigenvalue weighted by atomic mass is 9.89. The standard InChI is InChI=1S/C12H13ClN4O.2ClH/c13-10-2-1-9(7-16-10)11(18)17-12(8-14)3-5-15-6-4-12;;/h1-2,7,15H,3-6H2,(H,17,18);2*1H. The van der Waals surface area contributed by atoms with Crippen LogP contribution in [0.25, 0.3) is 0 Å². The number of pyridine rings is 1. The van der Waals surface area contributed by atoms with Gasteiger partial charge in [-0.3, -0.25) is 4.79 Å². The van der Waals surface area contributed by atoms with Crippen molar-refractivity contribution < 1.29 is 4.79 Å². The largest absolute Gasteiger partial charge is 0.334 e. The van der Waals surface area contributed by atoms with Crippen LogP contribution in [0.5, 0.6) is 0 Å². The van der Waals surface area contributed by atoms with Crippen molar-refractivity contribution in [2.45, 2.75) is 18.4 Å². The third kappa shape index (κ3) is 4.50. The Balaban J connectivity index is 0.00000180. The summed E-state index contributed by atoms with van der Waals surface area (Å²) in [4.78, 5) is 15.9. The Morgan fingerprint density at radius 2 is 2.05 bits per heavy atom. The molecular weight excluding hydrogens is 323 g/mol. The monoisotopic (exact) mass is 336 g/mol. The number of carbonyl (C=O) groups is 1. The Labute approximate surface area is 134 Å². The van der Waals surface area contributed by atoms with E-state index < -0.39 is 5.54 Å². The van der Waals surface area contributed by atoms with Gasteiger partial charge in [0.25, 0.3) is 5.91 Å². The van der Waals surface area contributed by atoms with Crippen LogP contribution in [-0.4, -0.2) is 29.5 Å². The molecular formula is C12H15Cl3N4O. The number of amides is 1. The van der Waals surface area contributed by atoms with Gasteiger partial charge in [0, 0.05) is 6.20 Å². The molecule has 2 heterocycles. The summed E-state index contributed by atoms with van der Waals surface area (Å²) in [5.74, 6) is -0.289. The van der Waals surface area contributed by atoms with Crippen LogP contribution in [0.15, 0.2) is 18.3 Å². The molecule has 0 bridgehead atoms. The van der Waals surface area contributed by atoms with E-state index in [0.717, 1.165) is 13.1 Å². The Morgan fingerprint density at radius 1 is 1.40 bits per heavy atom. The lowest BCUT2D eigenvalue weighted by molar-refractivity contribution is 0.0905. The lowest BCUT2D eigenvalue weighted by Gasteiger charge is -2.31. The fraction of sp³-hybridized carbons (Fsp3) is 0.417. The van der Waals surface area contributed by atoms with Gasteiger partial charge in [-0.1, -0.05) is 11.6 Å². The number of rotatable bonds is 2. The Bertz CT molecular complexity index is 480. The molecule has 0 spiro atoms. The van der Waals surface area contributed by atoms with Crippen LogP contribution in [0.4, 0.5) is 0 Å². The number of nitrogens with zero attached hydrogens (tertiary/aromatic N) is 2. The molecule has 1 aromatic rings. The van der Waals surface area contributed by atoms with E-state index in [2.05, 4.69) is 21.7 Å². The number of piperidine rings is 1. The maximum Gasteiger partial charge on any atom is 0.254 e. The van der Waals surface area contributed by atoms with Crippen molar-refractivity contribution in [3.05, 3.63) is 29.0 Å². The van der Waals surface area contributed by atoms with Crippen LogP contribution in [0.1, 0.15) is 23.2 Å². The Kier molecular flexibility index (Phi) is 7.84. The van der Waals surface area contributed by atoms with Gasteiger partial charge in [0.15, 0.2) is 0 Å². The second-order valence-electron chi connectivity index (χ2n) is 4.27. The zero-order valence-electron chi connectivity index (χ0n) is 10.6. The van der Waals surface area contributed by atoms with E-state index in [1.54, 1.807) is 12.1 Å². The maximum absolute atomic E-state index is 12.0. The molecule has 0 saturated carbocycles. The molecule has 0 aliphatic carbocycles. The van der Waals surface area contributed by atoms with Gasteiger partial charge in [-0.2, -0.15) is 5.26 Å². The van der Waals surface area contributed by atoms with Crippen molar-refractivity contribution in [2.24, 2.45) is 0 Å². The highest BCUT2D eigenvalue weighted by Crippen LogP contribution is 2.18. The van der Waals surface area contributed by atoms with Crippen LogP contribution in [0.2, 0.25) is 5.15 Å². The average Bonchev–Trinajstić information content (AvgIpc) is 2.40. The molecule has 2 rings (SSSR count). The van der Waals surface area contributed by atoms with Crippen molar-refractivity contribution in [2.75, 3.05) is 13.1 Å².